The van der Waals surface area contributed by atoms with Gasteiger partial charge in [0.15, 0.2) is 0 Å². The molecular weight excluding hydrogens is 273 g/mol. The summed E-state index contributed by atoms with van der Waals surface area (Å²) < 4.78 is 15.9. The van der Waals surface area contributed by atoms with Crippen LogP contribution in [0.2, 0.25) is 0 Å². The van der Waals surface area contributed by atoms with Crippen LogP contribution in [0.4, 0.5) is 4.39 Å². The van der Waals surface area contributed by atoms with Crippen molar-refractivity contribution >= 4 is 16.9 Å². The van der Waals surface area contributed by atoms with E-state index in [4.69, 9.17) is 5.11 Å². The van der Waals surface area contributed by atoms with E-state index in [0.29, 0.717) is 17.6 Å². The molecule has 0 fully saturated rings. The van der Waals surface area contributed by atoms with Crippen LogP contribution in [-0.4, -0.2) is 15.6 Å². The smallest absolute Gasteiger partial charge is 0.341 e. The van der Waals surface area contributed by atoms with Gasteiger partial charge in [-0.05, 0) is 30.0 Å². The molecule has 1 N–H and O–H groups in total. The number of halogens is 1. The number of carbonyl (C=O) groups is 1. The molecule has 0 unspecified atom stereocenters. The van der Waals surface area contributed by atoms with Crippen molar-refractivity contribution in [1.82, 2.24) is 4.57 Å². The minimum absolute atomic E-state index is 0.0993. The zero-order chi connectivity index (χ0) is 15.9. The highest BCUT2D eigenvalue weighted by Crippen LogP contribution is 2.28. The maximum absolute atomic E-state index is 14.3. The summed E-state index contributed by atoms with van der Waals surface area (Å²) in [5.41, 5.74) is -0.342. The van der Waals surface area contributed by atoms with Crippen molar-refractivity contribution < 1.29 is 14.3 Å². The Morgan fingerprint density at radius 1 is 1.33 bits per heavy atom. The summed E-state index contributed by atoms with van der Waals surface area (Å²) in [7, 11) is 0. The lowest BCUT2D eigenvalue weighted by molar-refractivity contribution is 0.0695. The quantitative estimate of drug-likeness (QED) is 0.924. The molecule has 4 nitrogen and oxygen atoms in total. The number of hydrogen-bond donors (Lipinski definition) is 1. The van der Waals surface area contributed by atoms with E-state index in [-0.39, 0.29) is 10.9 Å². The van der Waals surface area contributed by atoms with Crippen molar-refractivity contribution in [3.8, 4) is 0 Å². The molecule has 0 saturated heterocycles. The van der Waals surface area contributed by atoms with E-state index in [2.05, 4.69) is 0 Å². The average molecular weight is 291 g/mol. The molecule has 2 rings (SSSR count). The molecule has 1 aromatic heterocycles. The molecule has 5 heteroatoms. The summed E-state index contributed by atoms with van der Waals surface area (Å²) >= 11 is 0. The molecule has 0 radical (unpaired) electrons. The van der Waals surface area contributed by atoms with Gasteiger partial charge in [0.2, 0.25) is 5.43 Å². The van der Waals surface area contributed by atoms with Gasteiger partial charge < -0.3 is 9.67 Å². The van der Waals surface area contributed by atoms with E-state index in [0.717, 1.165) is 6.07 Å². The van der Waals surface area contributed by atoms with E-state index in [1.54, 1.807) is 10.6 Å². The van der Waals surface area contributed by atoms with Crippen LogP contribution in [0.25, 0.3) is 10.9 Å². The second kappa shape index (κ2) is 4.98. The number of aromatic nitrogens is 1. The lowest BCUT2D eigenvalue weighted by Gasteiger charge is -2.21. The molecule has 0 atom stereocenters. The van der Waals surface area contributed by atoms with Crippen molar-refractivity contribution in [2.24, 2.45) is 0 Å². The lowest BCUT2D eigenvalue weighted by atomic mass is 9.86. The Balaban J connectivity index is 2.95. The number of rotatable bonds is 2. The van der Waals surface area contributed by atoms with Gasteiger partial charge in [-0.2, -0.15) is 0 Å². The van der Waals surface area contributed by atoms with Crippen molar-refractivity contribution in [2.75, 3.05) is 0 Å². The van der Waals surface area contributed by atoms with E-state index in [9.17, 15) is 14.0 Å². The van der Waals surface area contributed by atoms with E-state index in [1.807, 2.05) is 27.7 Å². The molecule has 2 aromatic rings. The minimum Gasteiger partial charge on any atom is -0.477 e. The summed E-state index contributed by atoms with van der Waals surface area (Å²) in [6.07, 6.45) is 1.32. The number of fused-ring (bicyclic) bond motifs is 1. The Hall–Kier alpha value is -2.17. The minimum atomic E-state index is -1.30. The number of nitrogens with zero attached hydrogens (tertiary/aromatic N) is 1. The highest BCUT2D eigenvalue weighted by atomic mass is 19.1. The summed E-state index contributed by atoms with van der Waals surface area (Å²) in [6.45, 7) is 7.99. The van der Waals surface area contributed by atoms with Gasteiger partial charge in [-0.25, -0.2) is 9.18 Å². The molecule has 112 valence electrons. The first-order valence-corrected chi connectivity index (χ1v) is 6.77. The maximum atomic E-state index is 14.3. The molecule has 0 aliphatic carbocycles. The maximum Gasteiger partial charge on any atom is 0.341 e. The topological polar surface area (TPSA) is 59.3 Å². The number of pyridine rings is 1. The first-order valence-electron chi connectivity index (χ1n) is 6.77. The predicted octanol–water partition coefficient (Wildman–Crippen LogP) is 3.16. The van der Waals surface area contributed by atoms with E-state index >= 15 is 0 Å². The Bertz CT molecular complexity index is 785. The van der Waals surface area contributed by atoms with Gasteiger partial charge in [0.05, 0.1) is 5.52 Å². The van der Waals surface area contributed by atoms with Gasteiger partial charge in [0.1, 0.15) is 11.4 Å². The number of carboxylic acid groups (broad SMARTS) is 1. The fourth-order valence-corrected chi connectivity index (χ4v) is 2.40. The van der Waals surface area contributed by atoms with Crippen LogP contribution in [-0.2, 0) is 12.0 Å². The van der Waals surface area contributed by atoms with Crippen LogP contribution >= 0.6 is 0 Å². The lowest BCUT2D eigenvalue weighted by Crippen LogP contribution is -2.20. The molecule has 0 saturated carbocycles. The van der Waals surface area contributed by atoms with Crippen LogP contribution in [0.1, 0.15) is 43.6 Å². The third-order valence-electron chi connectivity index (χ3n) is 3.55. The first kappa shape index (κ1) is 15.2. The number of aromatic carboxylic acids is 1. The Labute approximate surface area is 121 Å². The zero-order valence-electron chi connectivity index (χ0n) is 12.5. The second-order valence-corrected chi connectivity index (χ2v) is 6.06. The number of benzene rings is 1. The summed E-state index contributed by atoms with van der Waals surface area (Å²) in [4.78, 5) is 23.3. The normalized spacial score (nSPS) is 11.9. The molecule has 0 aliphatic rings. The van der Waals surface area contributed by atoms with Gasteiger partial charge in [-0.1, -0.05) is 20.8 Å². The second-order valence-electron chi connectivity index (χ2n) is 6.06. The van der Waals surface area contributed by atoms with Crippen molar-refractivity contribution in [1.29, 1.82) is 0 Å². The summed E-state index contributed by atoms with van der Waals surface area (Å²) in [5, 5.41) is 9.19. The predicted molar refractivity (Wildman–Crippen MR) is 79.5 cm³/mol. The average Bonchev–Trinajstić information content (AvgIpc) is 2.37. The van der Waals surface area contributed by atoms with Crippen LogP contribution in [0.15, 0.2) is 23.1 Å². The largest absolute Gasteiger partial charge is 0.477 e. The van der Waals surface area contributed by atoms with Gasteiger partial charge in [-0.3, -0.25) is 4.79 Å². The Morgan fingerprint density at radius 2 is 1.95 bits per heavy atom. The zero-order valence-corrected chi connectivity index (χ0v) is 12.5. The summed E-state index contributed by atoms with van der Waals surface area (Å²) in [6, 6.07) is 2.79. The molecule has 1 aromatic carbocycles. The van der Waals surface area contributed by atoms with Gasteiger partial charge in [0.25, 0.3) is 0 Å². The molecular formula is C16H18FNO3. The van der Waals surface area contributed by atoms with Crippen molar-refractivity contribution in [3.05, 3.63) is 45.5 Å². The van der Waals surface area contributed by atoms with Crippen LogP contribution < -0.4 is 5.43 Å². The van der Waals surface area contributed by atoms with E-state index in [1.165, 1.54) is 6.20 Å². The third-order valence-corrected chi connectivity index (χ3v) is 3.55. The molecule has 0 aliphatic heterocycles. The van der Waals surface area contributed by atoms with Crippen LogP contribution in [0, 0.1) is 5.82 Å². The molecule has 0 bridgehead atoms. The molecule has 1 heterocycles. The number of aryl methyl sites for hydroxylation is 1. The molecule has 0 spiro atoms. The third kappa shape index (κ3) is 2.55. The fraction of sp³-hybridized carbons (Fsp3) is 0.375. The van der Waals surface area contributed by atoms with E-state index < -0.39 is 22.6 Å². The SMILES string of the molecule is CCn1cc(C(=O)O)c(=O)c2cc(F)c(C(C)(C)C)cc21. The van der Waals surface area contributed by atoms with Gasteiger partial charge >= 0.3 is 5.97 Å². The number of carboxylic acids is 1. The Morgan fingerprint density at radius 3 is 2.43 bits per heavy atom. The van der Waals surface area contributed by atoms with Crippen LogP contribution in [0.5, 0.6) is 0 Å². The Kier molecular flexibility index (Phi) is 3.61. The van der Waals surface area contributed by atoms with Crippen molar-refractivity contribution in [2.45, 2.75) is 39.7 Å². The highest BCUT2D eigenvalue weighted by Gasteiger charge is 2.22. The fourth-order valence-electron chi connectivity index (χ4n) is 2.40. The number of hydrogen-bond acceptors (Lipinski definition) is 2. The first-order chi connectivity index (χ1) is 9.66. The highest BCUT2D eigenvalue weighted by molar-refractivity contribution is 5.92. The molecule has 21 heavy (non-hydrogen) atoms. The standard InChI is InChI=1S/C16H18FNO3/c1-5-18-8-10(15(20)21)14(19)9-6-12(17)11(7-13(9)18)16(2,3)4/h6-8H,5H2,1-4H3,(H,20,21). The van der Waals surface area contributed by atoms with Crippen LogP contribution in [0.3, 0.4) is 0 Å². The van der Waals surface area contributed by atoms with Gasteiger partial charge in [0, 0.05) is 18.1 Å². The van der Waals surface area contributed by atoms with Crippen molar-refractivity contribution in [3.63, 3.8) is 0 Å². The monoisotopic (exact) mass is 291 g/mol. The summed E-state index contributed by atoms with van der Waals surface area (Å²) in [5.74, 6) is -1.79. The molecule has 0 amide bonds. The van der Waals surface area contributed by atoms with Gasteiger partial charge in [-0.15, -0.1) is 0 Å².